The molecule has 5 rings (SSSR count). The van der Waals surface area contributed by atoms with Crippen LogP contribution < -0.4 is 49.7 Å². The lowest BCUT2D eigenvalue weighted by Crippen LogP contribution is -3.00. The number of piperazine rings is 2. The maximum atomic E-state index is 14.2. The summed E-state index contributed by atoms with van der Waals surface area (Å²) >= 11 is 0. The van der Waals surface area contributed by atoms with E-state index in [9.17, 15) is 9.59 Å². The number of hydrogen-bond acceptors (Lipinski definition) is 15. The van der Waals surface area contributed by atoms with E-state index in [0.29, 0.717) is 123 Å². The smallest absolute Gasteiger partial charge is 0.338 e. The molecule has 24 heteroatoms. The van der Waals surface area contributed by atoms with Gasteiger partial charge in [-0.15, -0.1) is 16.6 Å². The van der Waals surface area contributed by atoms with Crippen LogP contribution in [0.2, 0.25) is 0 Å². The Bertz CT molecular complexity index is 1910. The van der Waals surface area contributed by atoms with Gasteiger partial charge in [0.1, 0.15) is 19.2 Å². The van der Waals surface area contributed by atoms with Crippen LogP contribution in [0.15, 0.2) is 12.4 Å². The summed E-state index contributed by atoms with van der Waals surface area (Å²) in [6.07, 6.45) is 14.0. The summed E-state index contributed by atoms with van der Waals surface area (Å²) in [6, 6.07) is -0.483. The maximum absolute atomic E-state index is 14.2. The SMILES string of the molecule is C#CCOCCOCCOCCNc1nc(N2CCN(C(=O)Cn3cc(CCCC[NH3+])nn3)CC2)nc(N2CCN(C(=O)[C@H]([C@@H](C)CC)n3cc(CCC[NH+]=C(N)N)nn3)CC2)n1.[Cl-]. The molecule has 2 aliphatic heterocycles. The summed E-state index contributed by atoms with van der Waals surface area (Å²) in [5.74, 6) is 4.07. The molecule has 3 aromatic rings. The Morgan fingerprint density at radius 2 is 1.45 bits per heavy atom. The predicted octanol–water partition coefficient (Wildman–Crippen LogP) is -6.71. The number of carbonyl (C=O) groups excluding carboxylic acids is 2. The number of carbonyl (C=O) groups is 2. The van der Waals surface area contributed by atoms with Crippen LogP contribution >= 0.6 is 0 Å². The first kappa shape index (κ1) is 51.2. The first-order valence-electron chi connectivity index (χ1n) is 22.1. The molecule has 0 radical (unpaired) electrons. The molecule has 0 spiro atoms. The minimum atomic E-state index is -0.483. The van der Waals surface area contributed by atoms with Crippen LogP contribution in [0.5, 0.6) is 0 Å². The van der Waals surface area contributed by atoms with E-state index in [-0.39, 0.29) is 49.3 Å². The first-order valence-corrected chi connectivity index (χ1v) is 22.1. The molecule has 5 heterocycles. The lowest BCUT2D eigenvalue weighted by Gasteiger charge is -2.38. The Balaban J connectivity index is 0.00000898. The predicted molar refractivity (Wildman–Crippen MR) is 234 cm³/mol. The van der Waals surface area contributed by atoms with Gasteiger partial charge >= 0.3 is 5.96 Å². The lowest BCUT2D eigenvalue weighted by atomic mass is 9.97. The van der Waals surface area contributed by atoms with Crippen molar-refractivity contribution in [3.8, 4) is 12.3 Å². The van der Waals surface area contributed by atoms with Crippen LogP contribution in [0.3, 0.4) is 0 Å². The van der Waals surface area contributed by atoms with Crippen molar-refractivity contribution in [3.05, 3.63) is 23.8 Å². The number of nitrogens with two attached hydrogens (primary N) is 2. The molecule has 0 aromatic carbocycles. The monoisotopic (exact) mass is 916 g/mol. The highest BCUT2D eigenvalue weighted by Crippen LogP contribution is 2.25. The fraction of sp³-hybridized carbons (Fsp3) is 0.700. The largest absolute Gasteiger partial charge is 1.00 e. The Morgan fingerprint density at radius 3 is 2.09 bits per heavy atom. The van der Waals surface area contributed by atoms with Crippen LogP contribution in [-0.2, 0) is 43.2 Å². The highest BCUT2D eigenvalue weighted by atomic mass is 35.5. The van der Waals surface area contributed by atoms with E-state index >= 15 is 0 Å². The molecule has 0 unspecified atom stereocenters. The van der Waals surface area contributed by atoms with Crippen molar-refractivity contribution < 1.29 is 46.9 Å². The van der Waals surface area contributed by atoms with Gasteiger partial charge in [0.25, 0.3) is 0 Å². The average Bonchev–Trinajstić information content (AvgIpc) is 3.96. The van der Waals surface area contributed by atoms with Crippen molar-refractivity contribution in [2.75, 3.05) is 127 Å². The molecule has 2 saturated heterocycles. The molecule has 2 atom stereocenters. The average molecular weight is 917 g/mol. The van der Waals surface area contributed by atoms with Gasteiger partial charge in [0.05, 0.1) is 57.5 Å². The van der Waals surface area contributed by atoms with Crippen LogP contribution in [0.4, 0.5) is 17.8 Å². The second-order valence-electron chi connectivity index (χ2n) is 15.6. The zero-order chi connectivity index (χ0) is 44.8. The number of guanidine groups is 1. The van der Waals surface area contributed by atoms with Gasteiger partial charge in [-0.3, -0.25) is 26.0 Å². The van der Waals surface area contributed by atoms with Gasteiger partial charge in [-0.05, 0) is 38.0 Å². The maximum Gasteiger partial charge on any atom is 0.338 e. The Kier molecular flexibility index (Phi) is 22.2. The second-order valence-corrected chi connectivity index (χ2v) is 15.6. The Labute approximate surface area is 381 Å². The van der Waals surface area contributed by atoms with Crippen LogP contribution in [0.1, 0.15) is 57.0 Å². The molecule has 2 fully saturated rings. The number of unbranched alkanes of at least 4 members (excludes halogenated alkanes) is 1. The Morgan fingerprint density at radius 1 is 0.844 bits per heavy atom. The number of anilines is 3. The van der Waals surface area contributed by atoms with Gasteiger partial charge < -0.3 is 57.3 Å². The van der Waals surface area contributed by atoms with E-state index in [4.69, 9.17) is 47.1 Å². The first-order chi connectivity index (χ1) is 30.7. The molecule has 354 valence electrons. The van der Waals surface area contributed by atoms with E-state index in [1.165, 1.54) is 0 Å². The Hall–Kier alpha value is -5.41. The summed E-state index contributed by atoms with van der Waals surface area (Å²) in [4.78, 5) is 52.8. The number of nitrogens with zero attached hydrogens (tertiary/aromatic N) is 13. The highest BCUT2D eigenvalue weighted by Gasteiger charge is 2.34. The highest BCUT2D eigenvalue weighted by molar-refractivity contribution is 5.81. The van der Waals surface area contributed by atoms with E-state index in [0.717, 1.165) is 50.0 Å². The number of rotatable bonds is 27. The quantitative estimate of drug-likeness (QED) is 0.0206. The zero-order valence-electron chi connectivity index (χ0n) is 37.5. The lowest BCUT2D eigenvalue weighted by molar-refractivity contribution is -0.459. The van der Waals surface area contributed by atoms with E-state index in [2.05, 4.69) is 66.2 Å². The molecule has 23 nitrogen and oxygen atoms in total. The third-order valence-corrected chi connectivity index (χ3v) is 10.9. The van der Waals surface area contributed by atoms with Crippen molar-refractivity contribution in [1.29, 1.82) is 0 Å². The molecule has 0 bridgehead atoms. The van der Waals surface area contributed by atoms with Crippen molar-refractivity contribution in [2.24, 2.45) is 17.4 Å². The normalized spacial score (nSPS) is 15.0. The number of terminal acetylenes is 1. The summed E-state index contributed by atoms with van der Waals surface area (Å²) in [7, 11) is 0. The van der Waals surface area contributed by atoms with Crippen molar-refractivity contribution >= 4 is 35.6 Å². The number of quaternary nitrogens is 1. The second kappa shape index (κ2) is 27.7. The van der Waals surface area contributed by atoms with Crippen LogP contribution in [0, 0.1) is 18.3 Å². The van der Waals surface area contributed by atoms with E-state index in [1.807, 2.05) is 22.2 Å². The standard InChI is InChI=1S/C40H66N18O5.ClH/c1-4-22-61-24-26-63-27-25-62-23-13-45-38-46-39(55-18-14-53(15-19-55)34(59)30-57-28-32(49-51-57)9-6-7-11-41)48-40(47-38)56-20-16-54(17-21-56)36(60)35(31(3)5-2)58-29-33(50-52-58)10-8-12-44-37(42)43;/h1,28-29,31,35H,5-27,30,41H2,2-3H3,(H4,42,43,44)(H,45,46,47,48);1H/p+1/t31-,35-;/m0./s1. The zero-order valence-corrected chi connectivity index (χ0v) is 38.2. The number of aryl methyl sites for hydroxylation is 2. The molecule has 0 saturated carbocycles. The van der Waals surface area contributed by atoms with Gasteiger partial charge in [0.2, 0.25) is 29.7 Å². The molecule has 64 heavy (non-hydrogen) atoms. The van der Waals surface area contributed by atoms with Crippen molar-refractivity contribution in [2.45, 2.75) is 65.0 Å². The van der Waals surface area contributed by atoms with Crippen LogP contribution in [0.25, 0.3) is 0 Å². The van der Waals surface area contributed by atoms with E-state index in [1.54, 1.807) is 9.36 Å². The van der Waals surface area contributed by atoms with Gasteiger partial charge in [0, 0.05) is 71.3 Å². The molecular formula is C40H68ClN18O5+. The number of hydrogen-bond donors (Lipinski definition) is 5. The number of ether oxygens (including phenoxy) is 3. The third-order valence-electron chi connectivity index (χ3n) is 10.9. The third kappa shape index (κ3) is 16.3. The molecule has 9 N–H and O–H groups in total. The topological polar surface area (TPSA) is 281 Å². The number of halogens is 1. The summed E-state index contributed by atoms with van der Waals surface area (Å²) in [5.41, 5.74) is 16.6. The number of nitrogens with one attached hydrogen (secondary N) is 2. The minimum absolute atomic E-state index is 0. The molecular weight excluding hydrogens is 848 g/mol. The van der Waals surface area contributed by atoms with Gasteiger partial charge in [0.15, 0.2) is 0 Å². The van der Waals surface area contributed by atoms with Gasteiger partial charge in [-0.25, -0.2) is 9.36 Å². The number of amides is 2. The van der Waals surface area contributed by atoms with Crippen molar-refractivity contribution in [3.63, 3.8) is 0 Å². The molecule has 3 aromatic heterocycles. The van der Waals surface area contributed by atoms with Crippen LogP contribution in [-0.4, -0.2) is 184 Å². The van der Waals surface area contributed by atoms with E-state index < -0.39 is 6.04 Å². The molecule has 2 amide bonds. The van der Waals surface area contributed by atoms with Crippen molar-refractivity contribution in [1.82, 2.24) is 54.7 Å². The van der Waals surface area contributed by atoms with Gasteiger partial charge in [-0.2, -0.15) is 15.0 Å². The fourth-order valence-electron chi connectivity index (χ4n) is 7.15. The summed E-state index contributed by atoms with van der Waals surface area (Å²) in [5, 5.41) is 20.5. The summed E-state index contributed by atoms with van der Waals surface area (Å²) in [6.45, 7) is 12.7. The summed E-state index contributed by atoms with van der Waals surface area (Å²) < 4.78 is 19.8. The molecule has 2 aliphatic rings. The number of aromatic nitrogens is 9. The fourth-order valence-corrected chi connectivity index (χ4v) is 7.15. The van der Waals surface area contributed by atoms with Gasteiger partial charge in [-0.1, -0.05) is 36.6 Å². The minimum Gasteiger partial charge on any atom is -1.00 e. The molecule has 0 aliphatic carbocycles.